The molecule has 0 aliphatic carbocycles. The number of hydrogen-bond donors (Lipinski definition) is 1. The smallest absolute Gasteiger partial charge is 0.229 e. The summed E-state index contributed by atoms with van der Waals surface area (Å²) >= 11 is 0. The summed E-state index contributed by atoms with van der Waals surface area (Å²) in [5.41, 5.74) is 2.41. The molecule has 1 aliphatic rings. The number of anilines is 2. The lowest BCUT2D eigenvalue weighted by Gasteiger charge is -2.34. The van der Waals surface area contributed by atoms with Crippen LogP contribution in [0.2, 0.25) is 0 Å². The maximum atomic E-state index is 15.0. The van der Waals surface area contributed by atoms with E-state index in [1.807, 2.05) is 37.6 Å². The number of pyridine rings is 1. The van der Waals surface area contributed by atoms with Crippen molar-refractivity contribution in [3.63, 3.8) is 0 Å². The molecule has 0 radical (unpaired) electrons. The van der Waals surface area contributed by atoms with Crippen LogP contribution in [0.5, 0.6) is 0 Å². The van der Waals surface area contributed by atoms with Gasteiger partial charge < -0.3 is 14.8 Å². The van der Waals surface area contributed by atoms with Crippen molar-refractivity contribution in [1.82, 2.24) is 29.4 Å². The molecule has 0 amide bonds. The minimum atomic E-state index is -0.632. The quantitative estimate of drug-likeness (QED) is 0.295. The summed E-state index contributed by atoms with van der Waals surface area (Å²) in [5, 5.41) is 3.07. The van der Waals surface area contributed by atoms with Gasteiger partial charge in [-0.3, -0.25) is 0 Å². The minimum absolute atomic E-state index is 0.0149. The van der Waals surface area contributed by atoms with Crippen molar-refractivity contribution < 1.29 is 8.78 Å². The van der Waals surface area contributed by atoms with Crippen LogP contribution in [0.25, 0.3) is 22.3 Å². The van der Waals surface area contributed by atoms with Crippen LogP contribution < -0.4 is 5.32 Å². The number of imidazole rings is 1. The van der Waals surface area contributed by atoms with Gasteiger partial charge in [-0.05, 0) is 88.8 Å². The highest BCUT2D eigenvalue weighted by Gasteiger charge is 2.24. The second kappa shape index (κ2) is 10.7. The Hall–Kier alpha value is -3.46. The third-order valence-electron chi connectivity index (χ3n) is 7.80. The zero-order valence-electron chi connectivity index (χ0n) is 22.7. The highest BCUT2D eigenvalue weighted by Crippen LogP contribution is 2.33. The normalized spacial score (nSPS) is 15.9. The predicted molar refractivity (Wildman–Crippen MR) is 147 cm³/mol. The van der Waals surface area contributed by atoms with Gasteiger partial charge in [0.1, 0.15) is 22.9 Å². The maximum absolute atomic E-state index is 15.0. The van der Waals surface area contributed by atoms with Gasteiger partial charge >= 0.3 is 0 Å². The van der Waals surface area contributed by atoms with Gasteiger partial charge in [-0.25, -0.2) is 28.7 Å². The average molecular weight is 520 g/mol. The second-order valence-corrected chi connectivity index (χ2v) is 10.5. The largest absolute Gasteiger partial charge is 0.326 e. The Bertz CT molecular complexity index is 1420. The van der Waals surface area contributed by atoms with Crippen molar-refractivity contribution in [2.75, 3.05) is 25.0 Å². The summed E-state index contributed by atoms with van der Waals surface area (Å²) in [6.07, 6.45) is 5.38. The van der Waals surface area contributed by atoms with Crippen LogP contribution in [0, 0.1) is 24.5 Å². The van der Waals surface area contributed by atoms with E-state index in [0.29, 0.717) is 34.6 Å². The number of fused-ring (bicyclic) bond motifs is 1. The van der Waals surface area contributed by atoms with E-state index in [1.165, 1.54) is 24.5 Å². The van der Waals surface area contributed by atoms with Crippen LogP contribution >= 0.6 is 0 Å². The molecule has 1 aromatic carbocycles. The second-order valence-electron chi connectivity index (χ2n) is 10.5. The molecule has 0 unspecified atom stereocenters. The number of aryl methyl sites for hydroxylation is 1. The average Bonchev–Trinajstić information content (AvgIpc) is 3.26. The third-order valence-corrected chi connectivity index (χ3v) is 7.80. The number of nitrogens with one attached hydrogen (secondary N) is 1. The predicted octanol–water partition coefficient (Wildman–Crippen LogP) is 6.63. The molecule has 1 aliphatic heterocycles. The summed E-state index contributed by atoms with van der Waals surface area (Å²) in [7, 11) is 0. The van der Waals surface area contributed by atoms with Crippen molar-refractivity contribution in [2.24, 2.45) is 5.92 Å². The first kappa shape index (κ1) is 26.2. The van der Waals surface area contributed by atoms with Crippen molar-refractivity contribution in [2.45, 2.75) is 59.4 Å². The monoisotopic (exact) mass is 519 g/mol. The van der Waals surface area contributed by atoms with Gasteiger partial charge in [0, 0.05) is 17.8 Å². The van der Waals surface area contributed by atoms with Crippen molar-refractivity contribution in [1.29, 1.82) is 0 Å². The van der Waals surface area contributed by atoms with Crippen LogP contribution in [0.4, 0.5) is 20.5 Å². The zero-order valence-corrected chi connectivity index (χ0v) is 22.7. The fourth-order valence-electron chi connectivity index (χ4n) is 5.59. The SMILES string of the molecule is CCN1CCC([C@H](C)c2ccc(Nc3ncc(F)c(-c4cc(F)c5nc(C)n(C(C)C)c5c4)n3)nc2)CC1. The van der Waals surface area contributed by atoms with Crippen LogP contribution in [0.1, 0.15) is 63.9 Å². The van der Waals surface area contributed by atoms with Gasteiger partial charge in [-0.1, -0.05) is 19.9 Å². The van der Waals surface area contributed by atoms with E-state index in [2.05, 4.69) is 50.1 Å². The Kier molecular flexibility index (Phi) is 7.38. The number of benzene rings is 1. The molecule has 9 heteroatoms. The summed E-state index contributed by atoms with van der Waals surface area (Å²) in [6, 6.07) is 7.05. The topological polar surface area (TPSA) is 71.8 Å². The number of nitrogens with zero attached hydrogens (tertiary/aromatic N) is 6. The Morgan fingerprint density at radius 2 is 1.76 bits per heavy atom. The summed E-state index contributed by atoms with van der Waals surface area (Å²) in [5.74, 6) is 1.39. The summed E-state index contributed by atoms with van der Waals surface area (Å²) in [6.45, 7) is 13.7. The molecule has 1 atom stereocenters. The number of halogens is 2. The molecule has 1 saturated heterocycles. The number of hydrogen-bond acceptors (Lipinski definition) is 6. The van der Waals surface area contributed by atoms with Crippen molar-refractivity contribution in [3.05, 3.63) is 59.7 Å². The summed E-state index contributed by atoms with van der Waals surface area (Å²) < 4.78 is 31.7. The zero-order chi connectivity index (χ0) is 27.0. The number of piperidine rings is 1. The number of likely N-dealkylation sites (tertiary alicyclic amines) is 1. The fourth-order valence-corrected chi connectivity index (χ4v) is 5.59. The Morgan fingerprint density at radius 3 is 2.42 bits per heavy atom. The molecule has 3 aromatic heterocycles. The van der Waals surface area contributed by atoms with Crippen LogP contribution in [-0.2, 0) is 0 Å². The molecule has 38 heavy (non-hydrogen) atoms. The first-order chi connectivity index (χ1) is 18.2. The lowest BCUT2D eigenvalue weighted by atomic mass is 9.82. The fraction of sp³-hybridized carbons (Fsp3) is 0.448. The molecular formula is C29H35F2N7. The van der Waals surface area contributed by atoms with Crippen molar-refractivity contribution >= 4 is 22.8 Å². The molecule has 4 heterocycles. The van der Waals surface area contributed by atoms with Crippen molar-refractivity contribution in [3.8, 4) is 11.3 Å². The third kappa shape index (κ3) is 5.12. The highest BCUT2D eigenvalue weighted by atomic mass is 19.1. The van der Waals surface area contributed by atoms with E-state index < -0.39 is 11.6 Å². The number of rotatable bonds is 7. The molecule has 4 aromatic rings. The lowest BCUT2D eigenvalue weighted by Crippen LogP contribution is -2.34. The van der Waals surface area contributed by atoms with E-state index in [-0.39, 0.29) is 23.2 Å². The van der Waals surface area contributed by atoms with Gasteiger partial charge in [0.05, 0.1) is 11.7 Å². The van der Waals surface area contributed by atoms with E-state index >= 15 is 0 Å². The van der Waals surface area contributed by atoms with Crippen LogP contribution in [-0.4, -0.2) is 49.0 Å². The Balaban J connectivity index is 1.37. The minimum Gasteiger partial charge on any atom is -0.326 e. The molecular weight excluding hydrogens is 484 g/mol. The molecule has 1 fully saturated rings. The van der Waals surface area contributed by atoms with Gasteiger partial charge in [-0.2, -0.15) is 0 Å². The van der Waals surface area contributed by atoms with Gasteiger partial charge in [-0.15, -0.1) is 0 Å². The van der Waals surface area contributed by atoms with Crippen LogP contribution in [0.15, 0.2) is 36.7 Å². The molecule has 0 saturated carbocycles. The lowest BCUT2D eigenvalue weighted by molar-refractivity contribution is 0.178. The molecule has 200 valence electrons. The highest BCUT2D eigenvalue weighted by molar-refractivity contribution is 5.83. The first-order valence-electron chi connectivity index (χ1n) is 13.4. The van der Waals surface area contributed by atoms with Gasteiger partial charge in [0.25, 0.3) is 0 Å². The van der Waals surface area contributed by atoms with E-state index in [1.54, 1.807) is 6.07 Å². The molecule has 1 N–H and O–H groups in total. The summed E-state index contributed by atoms with van der Waals surface area (Å²) in [4.78, 5) is 19.9. The van der Waals surface area contributed by atoms with Crippen LogP contribution in [0.3, 0.4) is 0 Å². The number of aromatic nitrogens is 5. The van der Waals surface area contributed by atoms with Gasteiger partial charge in [0.2, 0.25) is 5.95 Å². The Morgan fingerprint density at radius 1 is 1.00 bits per heavy atom. The molecule has 7 nitrogen and oxygen atoms in total. The standard InChI is InChI=1S/C29H35F2N7/c1-6-37-11-9-20(10-12-37)18(4)21-7-8-26(32-15-21)35-29-33-16-24(31)27(36-29)22-13-23(30)28-25(14-22)38(17(2)3)19(5)34-28/h7-8,13-18,20H,6,9-12H2,1-5H3,(H,32,33,35,36)/t18-/m0/s1. The molecule has 0 spiro atoms. The maximum Gasteiger partial charge on any atom is 0.229 e. The molecule has 5 rings (SSSR count). The Labute approximate surface area is 222 Å². The van der Waals surface area contributed by atoms with E-state index in [4.69, 9.17) is 0 Å². The van der Waals surface area contributed by atoms with E-state index in [0.717, 1.165) is 25.8 Å². The van der Waals surface area contributed by atoms with E-state index in [9.17, 15) is 8.78 Å². The first-order valence-corrected chi connectivity index (χ1v) is 13.4. The molecule has 0 bridgehead atoms. The van der Waals surface area contributed by atoms with Gasteiger partial charge in [0.15, 0.2) is 11.6 Å².